The average molecular weight is 446 g/mol. The van der Waals surface area contributed by atoms with Crippen molar-refractivity contribution < 1.29 is 27.1 Å². The highest BCUT2D eigenvalue weighted by Gasteiger charge is 2.30. The number of nitrogens with zero attached hydrogens (tertiary/aromatic N) is 1. The largest absolute Gasteiger partial charge is 0.489 e. The first-order valence-corrected chi connectivity index (χ1v) is 10.2. The third-order valence-corrected chi connectivity index (χ3v) is 5.14. The van der Waals surface area contributed by atoms with Gasteiger partial charge in [0, 0.05) is 6.54 Å². The second-order valence-corrected chi connectivity index (χ2v) is 7.51. The molecule has 1 amide bonds. The molecule has 32 heavy (non-hydrogen) atoms. The fourth-order valence-electron chi connectivity index (χ4n) is 3.26. The van der Waals surface area contributed by atoms with Crippen LogP contribution >= 0.6 is 0 Å². The predicted octanol–water partition coefficient (Wildman–Crippen LogP) is 4.80. The summed E-state index contributed by atoms with van der Waals surface area (Å²) in [5.74, 6) is 0.867. The molecule has 1 aromatic heterocycles. The number of primary amides is 1. The molecule has 170 valence electrons. The van der Waals surface area contributed by atoms with E-state index in [2.05, 4.69) is 0 Å². The van der Waals surface area contributed by atoms with Crippen LogP contribution in [0, 0.1) is 0 Å². The van der Waals surface area contributed by atoms with Crippen LogP contribution in [0.3, 0.4) is 0 Å². The number of amides is 1. The molecular formula is C24H25F3N2O3. The molecule has 3 aromatic rings. The first-order chi connectivity index (χ1) is 15.2. The normalized spacial score (nSPS) is 12.7. The molecule has 8 heteroatoms. The molecule has 1 unspecified atom stereocenters. The number of carbonyl (C=O) groups is 1. The maximum absolute atomic E-state index is 12.9. The van der Waals surface area contributed by atoms with E-state index in [1.807, 2.05) is 29.2 Å². The molecule has 2 N–H and O–H groups in total. The molecule has 0 bridgehead atoms. The van der Waals surface area contributed by atoms with Crippen molar-refractivity contribution in [2.24, 2.45) is 5.73 Å². The zero-order chi connectivity index (χ0) is 23.1. The number of hydrogen-bond acceptors (Lipinski definition) is 4. The standard InChI is InChI=1S/C24H25F3N2O3/c1-17(23(28)30)29(15-22-9-4-12-31-22)11-10-18-5-3-8-21(14-18)32-16-19-6-2-7-20(13-19)24(25,26)27/h2-9,12-14,17H,10-11,15-16H2,1H3,(H2,28,30). The van der Waals surface area contributed by atoms with Crippen LogP contribution < -0.4 is 10.5 Å². The molecule has 0 aliphatic rings. The molecule has 0 saturated heterocycles. The van der Waals surface area contributed by atoms with Gasteiger partial charge < -0.3 is 14.9 Å². The van der Waals surface area contributed by atoms with E-state index in [0.29, 0.717) is 30.8 Å². The van der Waals surface area contributed by atoms with Gasteiger partial charge in [0.05, 0.1) is 24.4 Å². The van der Waals surface area contributed by atoms with E-state index in [1.54, 1.807) is 31.4 Å². The number of halogens is 3. The van der Waals surface area contributed by atoms with Crippen molar-refractivity contribution in [3.63, 3.8) is 0 Å². The molecule has 3 rings (SSSR count). The lowest BCUT2D eigenvalue weighted by molar-refractivity contribution is -0.137. The number of rotatable bonds is 10. The lowest BCUT2D eigenvalue weighted by atomic mass is 10.1. The van der Waals surface area contributed by atoms with E-state index >= 15 is 0 Å². The molecule has 0 fully saturated rings. The molecule has 1 heterocycles. The molecule has 0 aliphatic carbocycles. The Morgan fingerprint density at radius 2 is 1.84 bits per heavy atom. The van der Waals surface area contributed by atoms with E-state index in [0.717, 1.165) is 23.5 Å². The number of alkyl halides is 3. The zero-order valence-corrected chi connectivity index (χ0v) is 17.6. The summed E-state index contributed by atoms with van der Waals surface area (Å²) in [5.41, 5.74) is 6.19. The van der Waals surface area contributed by atoms with Gasteiger partial charge >= 0.3 is 6.18 Å². The lowest BCUT2D eigenvalue weighted by Crippen LogP contribution is -2.43. The van der Waals surface area contributed by atoms with Gasteiger partial charge in [-0.2, -0.15) is 13.2 Å². The second-order valence-electron chi connectivity index (χ2n) is 7.51. The Morgan fingerprint density at radius 1 is 1.09 bits per heavy atom. The Hall–Kier alpha value is -3.26. The Bertz CT molecular complexity index is 1020. The van der Waals surface area contributed by atoms with Crippen molar-refractivity contribution >= 4 is 5.91 Å². The van der Waals surface area contributed by atoms with Gasteiger partial charge in [-0.1, -0.05) is 24.3 Å². The summed E-state index contributed by atoms with van der Waals surface area (Å²) >= 11 is 0. The first kappa shape index (κ1) is 23.4. The molecule has 0 saturated carbocycles. The van der Waals surface area contributed by atoms with Crippen LogP contribution in [0.4, 0.5) is 13.2 Å². The van der Waals surface area contributed by atoms with E-state index < -0.39 is 23.7 Å². The monoisotopic (exact) mass is 446 g/mol. The van der Waals surface area contributed by atoms with Gasteiger partial charge in [0.25, 0.3) is 0 Å². The SMILES string of the molecule is CC(C(N)=O)N(CCc1cccc(OCc2cccc(C(F)(F)F)c2)c1)Cc1ccco1. The van der Waals surface area contributed by atoms with Crippen molar-refractivity contribution in [2.45, 2.75) is 38.7 Å². The van der Waals surface area contributed by atoms with Crippen LogP contribution in [-0.2, 0) is 30.5 Å². The quantitative estimate of drug-likeness (QED) is 0.486. The number of furan rings is 1. The lowest BCUT2D eigenvalue weighted by Gasteiger charge is -2.26. The number of ether oxygens (including phenoxy) is 1. The van der Waals surface area contributed by atoms with Crippen molar-refractivity contribution in [3.05, 3.63) is 89.4 Å². The third kappa shape index (κ3) is 6.62. The van der Waals surface area contributed by atoms with Crippen LogP contribution in [0.5, 0.6) is 5.75 Å². The second kappa shape index (κ2) is 10.4. The molecule has 1 atom stereocenters. The fourth-order valence-corrected chi connectivity index (χ4v) is 3.26. The molecular weight excluding hydrogens is 421 g/mol. The van der Waals surface area contributed by atoms with Crippen molar-refractivity contribution in [2.75, 3.05) is 6.54 Å². The molecule has 2 aromatic carbocycles. The van der Waals surface area contributed by atoms with Gasteiger partial charge in [-0.05, 0) is 60.9 Å². The van der Waals surface area contributed by atoms with Gasteiger partial charge in [-0.3, -0.25) is 9.69 Å². The van der Waals surface area contributed by atoms with Gasteiger partial charge in [-0.25, -0.2) is 0 Å². The summed E-state index contributed by atoms with van der Waals surface area (Å²) in [7, 11) is 0. The van der Waals surface area contributed by atoms with E-state index in [9.17, 15) is 18.0 Å². The Labute approximate surface area is 184 Å². The van der Waals surface area contributed by atoms with Crippen LogP contribution in [0.25, 0.3) is 0 Å². The maximum Gasteiger partial charge on any atom is 0.416 e. The van der Waals surface area contributed by atoms with Crippen LogP contribution in [-0.4, -0.2) is 23.4 Å². The topological polar surface area (TPSA) is 68.7 Å². The predicted molar refractivity (Wildman–Crippen MR) is 114 cm³/mol. The molecule has 0 radical (unpaired) electrons. The minimum atomic E-state index is -4.39. The maximum atomic E-state index is 12.9. The van der Waals surface area contributed by atoms with Gasteiger partial charge in [0.15, 0.2) is 0 Å². The summed E-state index contributed by atoms with van der Waals surface area (Å²) in [6.45, 7) is 2.78. The molecule has 5 nitrogen and oxygen atoms in total. The average Bonchev–Trinajstić information content (AvgIpc) is 3.28. The summed E-state index contributed by atoms with van der Waals surface area (Å²) in [6, 6.07) is 15.6. The van der Waals surface area contributed by atoms with Gasteiger partial charge in [0.2, 0.25) is 5.91 Å². The van der Waals surface area contributed by atoms with Crippen LogP contribution in [0.15, 0.2) is 71.3 Å². The minimum absolute atomic E-state index is 0.0245. The van der Waals surface area contributed by atoms with Gasteiger partial charge in [0.1, 0.15) is 18.1 Å². The third-order valence-electron chi connectivity index (χ3n) is 5.14. The zero-order valence-electron chi connectivity index (χ0n) is 17.6. The highest BCUT2D eigenvalue weighted by atomic mass is 19.4. The summed E-state index contributed by atoms with van der Waals surface area (Å²) < 4.78 is 49.7. The number of benzene rings is 2. The molecule has 0 spiro atoms. The van der Waals surface area contributed by atoms with Gasteiger partial charge in [-0.15, -0.1) is 0 Å². The summed E-state index contributed by atoms with van der Waals surface area (Å²) in [4.78, 5) is 13.6. The van der Waals surface area contributed by atoms with E-state index in [-0.39, 0.29) is 6.61 Å². The van der Waals surface area contributed by atoms with Crippen LogP contribution in [0.2, 0.25) is 0 Å². The number of nitrogens with two attached hydrogens (primary N) is 1. The highest BCUT2D eigenvalue weighted by molar-refractivity contribution is 5.79. The van der Waals surface area contributed by atoms with Crippen molar-refractivity contribution in [1.82, 2.24) is 4.90 Å². The van der Waals surface area contributed by atoms with Crippen LogP contribution in [0.1, 0.15) is 29.4 Å². The summed E-state index contributed by atoms with van der Waals surface area (Å²) in [5, 5.41) is 0. The Kier molecular flexibility index (Phi) is 7.58. The Balaban J connectivity index is 1.62. The van der Waals surface area contributed by atoms with Crippen molar-refractivity contribution in [1.29, 1.82) is 0 Å². The number of carbonyl (C=O) groups excluding carboxylic acids is 1. The number of hydrogen-bond donors (Lipinski definition) is 1. The van der Waals surface area contributed by atoms with E-state index in [1.165, 1.54) is 6.07 Å². The van der Waals surface area contributed by atoms with Crippen molar-refractivity contribution in [3.8, 4) is 5.75 Å². The first-order valence-electron chi connectivity index (χ1n) is 10.2. The highest BCUT2D eigenvalue weighted by Crippen LogP contribution is 2.29. The molecule has 0 aliphatic heterocycles. The minimum Gasteiger partial charge on any atom is -0.489 e. The summed E-state index contributed by atoms with van der Waals surface area (Å²) in [6.07, 6.45) is -2.19. The smallest absolute Gasteiger partial charge is 0.416 e. The Morgan fingerprint density at radius 3 is 2.53 bits per heavy atom. The van der Waals surface area contributed by atoms with E-state index in [4.69, 9.17) is 14.9 Å². The fraction of sp³-hybridized carbons (Fsp3) is 0.292.